The van der Waals surface area contributed by atoms with Gasteiger partial charge in [0.05, 0.1) is 6.04 Å². The molecule has 0 aliphatic rings. The summed E-state index contributed by atoms with van der Waals surface area (Å²) in [5, 5.41) is 3.15. The number of Topliss-reactive ketones (excluding diaryl/α,β-unsaturated/α-hetero) is 1. The maximum atomic E-state index is 13.1. The van der Waals surface area contributed by atoms with Crippen molar-refractivity contribution in [2.45, 2.75) is 33.0 Å². The monoisotopic (exact) mass is 395 g/mol. The Labute approximate surface area is 160 Å². The molecule has 0 bridgehead atoms. The molecule has 0 unspecified atom stereocenters. The van der Waals surface area contributed by atoms with Crippen LogP contribution in [0.5, 0.6) is 5.75 Å². The van der Waals surface area contributed by atoms with Gasteiger partial charge in [0.15, 0.2) is 0 Å². The highest BCUT2D eigenvalue weighted by Crippen LogP contribution is 2.15. The van der Waals surface area contributed by atoms with Gasteiger partial charge in [0.25, 0.3) is 0 Å². The normalized spacial score (nSPS) is 11.9. The average Bonchev–Trinajstić information content (AvgIpc) is 2.57. The van der Waals surface area contributed by atoms with Gasteiger partial charge < -0.3 is 10.1 Å². The number of nitrogens with one attached hydrogen (secondary N) is 1. The Balaban J connectivity index is 0.000000646. The molecule has 0 heterocycles. The maximum Gasteiger partial charge on any atom is 0.146 e. The molecular formula is C20H26FNO4S. The van der Waals surface area contributed by atoms with Gasteiger partial charge in [-0.15, -0.1) is 0 Å². The number of ketones is 1. The third-order valence-corrected chi connectivity index (χ3v) is 3.44. The average molecular weight is 395 g/mol. The van der Waals surface area contributed by atoms with Crippen LogP contribution in [0, 0.1) is 5.82 Å². The van der Waals surface area contributed by atoms with Crippen molar-refractivity contribution >= 4 is 15.6 Å². The van der Waals surface area contributed by atoms with Crippen molar-refractivity contribution in [1.82, 2.24) is 5.32 Å². The molecule has 0 aliphatic carbocycles. The summed E-state index contributed by atoms with van der Waals surface area (Å²) in [5.41, 5.74) is 1.87. The Morgan fingerprint density at radius 3 is 2.22 bits per heavy atom. The van der Waals surface area contributed by atoms with E-state index in [0.29, 0.717) is 13.2 Å². The molecule has 2 rings (SSSR count). The predicted molar refractivity (Wildman–Crippen MR) is 105 cm³/mol. The highest BCUT2D eigenvalue weighted by atomic mass is 32.2. The van der Waals surface area contributed by atoms with Gasteiger partial charge in [-0.1, -0.05) is 24.3 Å². The Morgan fingerprint density at radius 1 is 1.11 bits per heavy atom. The number of carbonyl (C=O) groups is 1. The molecule has 0 aromatic heterocycles. The van der Waals surface area contributed by atoms with E-state index < -0.39 is 9.84 Å². The van der Waals surface area contributed by atoms with Crippen LogP contribution >= 0.6 is 0 Å². The maximum absolute atomic E-state index is 13.1. The minimum absolute atomic E-state index is 0.120. The molecule has 148 valence electrons. The quantitative estimate of drug-likeness (QED) is 0.780. The van der Waals surface area contributed by atoms with E-state index in [1.54, 1.807) is 13.0 Å². The fourth-order valence-electron chi connectivity index (χ4n) is 1.91. The largest absolute Gasteiger partial charge is 0.489 e. The van der Waals surface area contributed by atoms with Crippen LogP contribution in [-0.2, 0) is 27.8 Å². The second kappa shape index (κ2) is 10.8. The minimum atomic E-state index is -2.67. The van der Waals surface area contributed by atoms with Crippen LogP contribution in [0.2, 0.25) is 0 Å². The first-order chi connectivity index (χ1) is 12.5. The van der Waals surface area contributed by atoms with E-state index in [-0.39, 0.29) is 17.6 Å². The summed E-state index contributed by atoms with van der Waals surface area (Å²) >= 11 is 0. The SMILES string of the molecule is CC(=O)[C@H](C)NCc1ccc(OCc2cccc(F)c2)cc1.CS(C)(=O)=O. The third kappa shape index (κ3) is 11.1. The molecule has 1 N–H and O–H groups in total. The van der Waals surface area contributed by atoms with E-state index in [2.05, 4.69) is 5.32 Å². The first kappa shape index (κ1) is 22.8. The first-order valence-electron chi connectivity index (χ1n) is 8.39. The van der Waals surface area contributed by atoms with Gasteiger partial charge in [0.1, 0.15) is 33.8 Å². The van der Waals surface area contributed by atoms with E-state index in [0.717, 1.165) is 29.4 Å². The fraction of sp³-hybridized carbons (Fsp3) is 0.350. The van der Waals surface area contributed by atoms with Gasteiger partial charge in [-0.2, -0.15) is 0 Å². The lowest BCUT2D eigenvalue weighted by molar-refractivity contribution is -0.118. The Bertz CT molecular complexity index is 827. The zero-order chi connectivity index (χ0) is 20.4. The van der Waals surface area contributed by atoms with Crippen molar-refractivity contribution in [3.63, 3.8) is 0 Å². The molecule has 0 saturated carbocycles. The fourth-order valence-corrected chi connectivity index (χ4v) is 1.91. The first-order valence-corrected chi connectivity index (χ1v) is 10.7. The van der Waals surface area contributed by atoms with Crippen LogP contribution < -0.4 is 10.1 Å². The molecule has 0 aliphatic heterocycles. The number of ether oxygens (including phenoxy) is 1. The van der Waals surface area contributed by atoms with E-state index in [1.165, 1.54) is 12.1 Å². The minimum Gasteiger partial charge on any atom is -0.489 e. The third-order valence-electron chi connectivity index (χ3n) is 3.44. The number of halogens is 1. The lowest BCUT2D eigenvalue weighted by atomic mass is 10.2. The number of hydrogen-bond donors (Lipinski definition) is 1. The van der Waals surface area contributed by atoms with E-state index in [9.17, 15) is 17.6 Å². The van der Waals surface area contributed by atoms with E-state index in [1.807, 2.05) is 37.3 Å². The molecular weight excluding hydrogens is 369 g/mol. The molecule has 0 radical (unpaired) electrons. The highest BCUT2D eigenvalue weighted by Gasteiger charge is 2.06. The number of benzene rings is 2. The van der Waals surface area contributed by atoms with Crippen LogP contribution in [0.15, 0.2) is 48.5 Å². The molecule has 1 atom stereocenters. The predicted octanol–water partition coefficient (Wildman–Crippen LogP) is 3.13. The van der Waals surface area contributed by atoms with Gasteiger partial charge in [0, 0.05) is 19.1 Å². The summed E-state index contributed by atoms with van der Waals surface area (Å²) in [5.74, 6) is 0.588. The summed E-state index contributed by atoms with van der Waals surface area (Å²) in [6.07, 6.45) is 2.32. The molecule has 27 heavy (non-hydrogen) atoms. The van der Waals surface area contributed by atoms with Crippen LogP contribution in [0.1, 0.15) is 25.0 Å². The summed E-state index contributed by atoms with van der Waals surface area (Å²) < 4.78 is 38.0. The van der Waals surface area contributed by atoms with Crippen molar-refractivity contribution in [2.24, 2.45) is 0 Å². The molecule has 5 nitrogen and oxygen atoms in total. The summed E-state index contributed by atoms with van der Waals surface area (Å²) in [4.78, 5) is 11.2. The zero-order valence-electron chi connectivity index (χ0n) is 16.0. The smallest absolute Gasteiger partial charge is 0.146 e. The van der Waals surface area contributed by atoms with Crippen molar-refractivity contribution in [3.05, 3.63) is 65.5 Å². The van der Waals surface area contributed by atoms with Crippen LogP contribution in [-0.4, -0.2) is 32.8 Å². The van der Waals surface area contributed by atoms with Gasteiger partial charge in [0.2, 0.25) is 0 Å². The summed E-state index contributed by atoms with van der Waals surface area (Å²) in [6, 6.07) is 13.8. The molecule has 0 amide bonds. The van der Waals surface area contributed by atoms with Gasteiger partial charge in [-0.3, -0.25) is 4.79 Å². The van der Waals surface area contributed by atoms with Crippen LogP contribution in [0.3, 0.4) is 0 Å². The number of sulfone groups is 1. The summed E-state index contributed by atoms with van der Waals surface area (Å²) in [6.45, 7) is 4.38. The molecule has 2 aromatic rings. The van der Waals surface area contributed by atoms with Gasteiger partial charge in [-0.25, -0.2) is 12.8 Å². The lowest BCUT2D eigenvalue weighted by Crippen LogP contribution is -2.31. The molecule has 0 fully saturated rings. The zero-order valence-corrected chi connectivity index (χ0v) is 16.8. The number of rotatable bonds is 7. The number of hydrogen-bond acceptors (Lipinski definition) is 5. The lowest BCUT2D eigenvalue weighted by Gasteiger charge is -2.11. The Morgan fingerprint density at radius 2 is 1.70 bits per heavy atom. The summed E-state index contributed by atoms with van der Waals surface area (Å²) in [7, 11) is -2.67. The molecule has 7 heteroatoms. The molecule has 0 saturated heterocycles. The topological polar surface area (TPSA) is 72.5 Å². The van der Waals surface area contributed by atoms with Crippen LogP contribution in [0.25, 0.3) is 0 Å². The van der Waals surface area contributed by atoms with Gasteiger partial charge >= 0.3 is 0 Å². The molecule has 2 aromatic carbocycles. The second-order valence-corrected chi connectivity index (χ2v) is 8.70. The van der Waals surface area contributed by atoms with Crippen molar-refractivity contribution in [1.29, 1.82) is 0 Å². The van der Waals surface area contributed by atoms with Crippen molar-refractivity contribution in [3.8, 4) is 5.75 Å². The van der Waals surface area contributed by atoms with Crippen molar-refractivity contribution < 1.29 is 22.3 Å². The molecule has 0 spiro atoms. The van der Waals surface area contributed by atoms with Gasteiger partial charge in [-0.05, 0) is 49.2 Å². The Kier molecular flexibility index (Phi) is 9.11. The van der Waals surface area contributed by atoms with Crippen LogP contribution in [0.4, 0.5) is 4.39 Å². The van der Waals surface area contributed by atoms with Crippen molar-refractivity contribution in [2.75, 3.05) is 12.5 Å². The number of carbonyl (C=O) groups excluding carboxylic acids is 1. The van der Waals surface area contributed by atoms with E-state index >= 15 is 0 Å². The van der Waals surface area contributed by atoms with E-state index in [4.69, 9.17) is 4.74 Å². The second-order valence-electron chi connectivity index (χ2n) is 6.42. The standard InChI is InChI=1S/C18H20FNO2.C2H6O2S/c1-13(14(2)21)20-11-15-6-8-18(9-7-15)22-12-16-4-3-5-17(19)10-16;1-5(2,3)4/h3-10,13,20H,11-12H2,1-2H3;1-2H3/t13-;/m0./s1. The highest BCUT2D eigenvalue weighted by molar-refractivity contribution is 7.89. The Hall–Kier alpha value is -2.25.